The van der Waals surface area contributed by atoms with Crippen molar-refractivity contribution in [3.05, 3.63) is 34.6 Å². The van der Waals surface area contributed by atoms with Crippen LogP contribution in [-0.4, -0.2) is 24.8 Å². The molecule has 4 nitrogen and oxygen atoms in total. The smallest absolute Gasteiger partial charge is 0.407 e. The summed E-state index contributed by atoms with van der Waals surface area (Å²) < 4.78 is 18.2. The first-order chi connectivity index (χ1) is 9.76. The minimum absolute atomic E-state index is 0.342. The van der Waals surface area contributed by atoms with Gasteiger partial charge in [-0.05, 0) is 57.5 Å². The highest BCUT2D eigenvalue weighted by molar-refractivity contribution is 6.30. The zero-order valence-corrected chi connectivity index (χ0v) is 13.4. The van der Waals surface area contributed by atoms with Gasteiger partial charge >= 0.3 is 6.09 Å². The second kappa shape index (κ2) is 8.20. The van der Waals surface area contributed by atoms with Crippen molar-refractivity contribution in [3.8, 4) is 0 Å². The zero-order chi connectivity index (χ0) is 15.9. The number of nitrogens with one attached hydrogen (secondary N) is 2. The number of benzene rings is 1. The van der Waals surface area contributed by atoms with Crippen LogP contribution in [0.5, 0.6) is 0 Å². The van der Waals surface area contributed by atoms with E-state index in [1.807, 2.05) is 20.8 Å². The van der Waals surface area contributed by atoms with Crippen molar-refractivity contribution >= 4 is 17.7 Å². The molecular weight excluding hydrogens is 295 g/mol. The van der Waals surface area contributed by atoms with E-state index in [4.69, 9.17) is 16.3 Å². The molecule has 0 radical (unpaired) electrons. The lowest BCUT2D eigenvalue weighted by atomic mass is 10.2. The normalized spacial score (nSPS) is 11.3. The van der Waals surface area contributed by atoms with Gasteiger partial charge in [0.15, 0.2) is 0 Å². The molecule has 0 spiro atoms. The summed E-state index contributed by atoms with van der Waals surface area (Å²) in [6, 6.07) is 4.43. The molecule has 1 rings (SSSR count). The monoisotopic (exact) mass is 316 g/mol. The summed E-state index contributed by atoms with van der Waals surface area (Å²) in [6.07, 6.45) is 0.335. The molecule has 0 aliphatic rings. The van der Waals surface area contributed by atoms with Crippen molar-refractivity contribution in [2.75, 3.05) is 13.1 Å². The van der Waals surface area contributed by atoms with Crippen LogP contribution in [0.25, 0.3) is 0 Å². The Bertz CT molecular complexity index is 455. The summed E-state index contributed by atoms with van der Waals surface area (Å²) in [6.45, 7) is 7.20. The Hall–Kier alpha value is -1.33. The molecule has 2 N–H and O–H groups in total. The van der Waals surface area contributed by atoms with Gasteiger partial charge in [-0.2, -0.15) is 0 Å². The van der Waals surface area contributed by atoms with Gasteiger partial charge in [-0.1, -0.05) is 11.6 Å². The van der Waals surface area contributed by atoms with Crippen LogP contribution < -0.4 is 10.6 Å². The lowest BCUT2D eigenvalue weighted by Crippen LogP contribution is -2.33. The first kappa shape index (κ1) is 17.7. The fourth-order valence-electron chi connectivity index (χ4n) is 1.66. The fraction of sp³-hybridized carbons (Fsp3) is 0.533. The molecule has 0 aliphatic heterocycles. The number of carbonyl (C=O) groups excluding carboxylic acids is 1. The number of alkyl carbamates (subject to hydrolysis) is 1. The van der Waals surface area contributed by atoms with Crippen molar-refractivity contribution in [2.45, 2.75) is 39.3 Å². The van der Waals surface area contributed by atoms with Crippen LogP contribution in [-0.2, 0) is 11.3 Å². The Morgan fingerprint density at radius 3 is 2.62 bits per heavy atom. The van der Waals surface area contributed by atoms with Crippen molar-refractivity contribution in [3.63, 3.8) is 0 Å². The van der Waals surface area contributed by atoms with Crippen molar-refractivity contribution in [1.82, 2.24) is 10.6 Å². The highest BCUT2D eigenvalue weighted by Gasteiger charge is 2.15. The van der Waals surface area contributed by atoms with Crippen molar-refractivity contribution in [2.24, 2.45) is 0 Å². The summed E-state index contributed by atoms with van der Waals surface area (Å²) in [5.41, 5.74) is 0.305. The number of rotatable bonds is 6. The predicted molar refractivity (Wildman–Crippen MR) is 82.0 cm³/mol. The predicted octanol–water partition coefficient (Wildman–Crippen LogP) is 3.48. The lowest BCUT2D eigenvalue weighted by Gasteiger charge is -2.19. The van der Waals surface area contributed by atoms with Gasteiger partial charge in [0.25, 0.3) is 0 Å². The SMILES string of the molecule is CC(C)(C)OC(=O)NCCCNCc1cc(F)cc(Cl)c1. The molecule has 6 heteroatoms. The first-order valence-corrected chi connectivity index (χ1v) is 7.26. The van der Waals surface area contributed by atoms with E-state index in [1.165, 1.54) is 12.1 Å². The summed E-state index contributed by atoms with van der Waals surface area (Å²) >= 11 is 5.77. The van der Waals surface area contributed by atoms with Crippen LogP contribution in [0.4, 0.5) is 9.18 Å². The zero-order valence-electron chi connectivity index (χ0n) is 12.6. The molecule has 0 bridgehead atoms. The molecule has 0 atom stereocenters. The van der Waals surface area contributed by atoms with Gasteiger partial charge in [0.2, 0.25) is 0 Å². The van der Waals surface area contributed by atoms with E-state index in [0.29, 0.717) is 24.7 Å². The Morgan fingerprint density at radius 1 is 1.29 bits per heavy atom. The average molecular weight is 317 g/mol. The molecule has 0 aromatic heterocycles. The highest BCUT2D eigenvalue weighted by atomic mass is 35.5. The molecule has 0 saturated heterocycles. The fourth-order valence-corrected chi connectivity index (χ4v) is 1.91. The Balaban J connectivity index is 2.13. The van der Waals surface area contributed by atoms with Crippen LogP contribution in [0, 0.1) is 5.82 Å². The third kappa shape index (κ3) is 8.52. The summed E-state index contributed by atoms with van der Waals surface area (Å²) in [5.74, 6) is -0.342. The largest absolute Gasteiger partial charge is 0.444 e. The van der Waals surface area contributed by atoms with E-state index in [1.54, 1.807) is 6.07 Å². The number of hydrogen-bond donors (Lipinski definition) is 2. The van der Waals surface area contributed by atoms with Gasteiger partial charge in [-0.15, -0.1) is 0 Å². The van der Waals surface area contributed by atoms with Gasteiger partial charge in [0, 0.05) is 18.1 Å². The maximum atomic E-state index is 13.1. The molecule has 1 aromatic carbocycles. The number of carbonyl (C=O) groups is 1. The van der Waals surface area contributed by atoms with Crippen molar-refractivity contribution in [1.29, 1.82) is 0 Å². The van der Waals surface area contributed by atoms with Crippen LogP contribution in [0.2, 0.25) is 5.02 Å². The molecule has 0 saturated carbocycles. The van der Waals surface area contributed by atoms with E-state index in [-0.39, 0.29) is 5.82 Å². The number of halogens is 2. The van der Waals surface area contributed by atoms with Gasteiger partial charge < -0.3 is 15.4 Å². The van der Waals surface area contributed by atoms with Crippen LogP contribution in [0.1, 0.15) is 32.8 Å². The summed E-state index contributed by atoms with van der Waals surface area (Å²) in [4.78, 5) is 11.4. The van der Waals surface area contributed by atoms with Gasteiger partial charge in [-0.25, -0.2) is 9.18 Å². The number of hydrogen-bond acceptors (Lipinski definition) is 3. The average Bonchev–Trinajstić information content (AvgIpc) is 2.30. The third-order valence-corrected chi connectivity index (χ3v) is 2.67. The molecule has 1 aromatic rings. The molecule has 0 fully saturated rings. The van der Waals surface area contributed by atoms with E-state index in [9.17, 15) is 9.18 Å². The Kier molecular flexibility index (Phi) is 6.92. The van der Waals surface area contributed by atoms with E-state index in [2.05, 4.69) is 10.6 Å². The molecule has 0 heterocycles. The highest BCUT2D eigenvalue weighted by Crippen LogP contribution is 2.13. The van der Waals surface area contributed by atoms with Crippen LogP contribution in [0.3, 0.4) is 0 Å². The number of ether oxygens (including phenoxy) is 1. The Labute approximate surface area is 130 Å². The molecule has 21 heavy (non-hydrogen) atoms. The molecule has 1 amide bonds. The molecule has 118 valence electrons. The van der Waals surface area contributed by atoms with Gasteiger partial charge in [-0.3, -0.25) is 0 Å². The maximum absolute atomic E-state index is 13.1. The van der Waals surface area contributed by atoms with Crippen LogP contribution in [0.15, 0.2) is 18.2 Å². The first-order valence-electron chi connectivity index (χ1n) is 6.89. The van der Waals surface area contributed by atoms with Crippen LogP contribution >= 0.6 is 11.6 Å². The van der Waals surface area contributed by atoms with E-state index < -0.39 is 11.7 Å². The topological polar surface area (TPSA) is 50.4 Å². The third-order valence-electron chi connectivity index (χ3n) is 2.45. The second-order valence-electron chi connectivity index (χ2n) is 5.74. The quantitative estimate of drug-likeness (QED) is 0.790. The van der Waals surface area contributed by atoms with E-state index in [0.717, 1.165) is 12.0 Å². The van der Waals surface area contributed by atoms with Gasteiger partial charge in [0.05, 0.1) is 0 Å². The summed E-state index contributed by atoms with van der Waals surface area (Å²) in [5, 5.41) is 6.22. The molecular formula is C15H22ClFN2O2. The Morgan fingerprint density at radius 2 is 2.00 bits per heavy atom. The second-order valence-corrected chi connectivity index (χ2v) is 6.17. The number of amides is 1. The standard InChI is InChI=1S/C15H22ClFN2O2/c1-15(2,3)21-14(20)19-6-4-5-18-10-11-7-12(16)9-13(17)8-11/h7-9,18H,4-6,10H2,1-3H3,(H,19,20). The summed E-state index contributed by atoms with van der Waals surface area (Å²) in [7, 11) is 0. The van der Waals surface area contributed by atoms with Crippen molar-refractivity contribution < 1.29 is 13.9 Å². The van der Waals surface area contributed by atoms with E-state index >= 15 is 0 Å². The van der Waals surface area contributed by atoms with Gasteiger partial charge in [0.1, 0.15) is 11.4 Å². The molecule has 0 unspecified atom stereocenters. The maximum Gasteiger partial charge on any atom is 0.407 e. The minimum atomic E-state index is -0.487. The lowest BCUT2D eigenvalue weighted by molar-refractivity contribution is 0.0527. The molecule has 0 aliphatic carbocycles. The minimum Gasteiger partial charge on any atom is -0.444 e.